The molecule has 1 amide bonds. The van der Waals surface area contributed by atoms with Gasteiger partial charge in [-0.15, -0.1) is 11.3 Å². The van der Waals surface area contributed by atoms with Crippen molar-refractivity contribution in [3.8, 4) is 0 Å². The minimum atomic E-state index is -1.11. The molecule has 7 heteroatoms. The van der Waals surface area contributed by atoms with Gasteiger partial charge in [-0.1, -0.05) is 6.92 Å². The lowest BCUT2D eigenvalue weighted by Gasteiger charge is -2.20. The average molecular weight is 297 g/mol. The number of nitrogens with zero attached hydrogens (tertiary/aromatic N) is 2. The van der Waals surface area contributed by atoms with Gasteiger partial charge in [-0.05, 0) is 31.8 Å². The number of carboxylic acids is 1. The lowest BCUT2D eigenvalue weighted by atomic mass is 10.1. The Balaban J connectivity index is 1.77. The highest BCUT2D eigenvalue weighted by Crippen LogP contribution is 2.11. The van der Waals surface area contributed by atoms with E-state index in [1.54, 1.807) is 0 Å². The summed E-state index contributed by atoms with van der Waals surface area (Å²) in [5.74, 6) is -1.03. The molecule has 2 heterocycles. The highest BCUT2D eigenvalue weighted by Gasteiger charge is 2.17. The van der Waals surface area contributed by atoms with Crippen molar-refractivity contribution in [1.82, 2.24) is 15.2 Å². The van der Waals surface area contributed by atoms with E-state index in [9.17, 15) is 9.59 Å². The summed E-state index contributed by atoms with van der Waals surface area (Å²) >= 11 is 1.06. The molecule has 1 saturated heterocycles. The first-order valence-electron chi connectivity index (χ1n) is 6.75. The molecule has 1 aromatic heterocycles. The molecule has 0 radical (unpaired) electrons. The highest BCUT2D eigenvalue weighted by atomic mass is 32.1. The lowest BCUT2D eigenvalue weighted by molar-refractivity contribution is 0.0691. The number of nitrogens with one attached hydrogen (secondary N) is 1. The van der Waals surface area contributed by atoms with Crippen LogP contribution in [0, 0.1) is 5.92 Å². The van der Waals surface area contributed by atoms with E-state index in [1.165, 1.54) is 18.2 Å². The Morgan fingerprint density at radius 3 is 2.80 bits per heavy atom. The molecule has 1 unspecified atom stereocenters. The van der Waals surface area contributed by atoms with E-state index in [1.807, 2.05) is 0 Å². The maximum atomic E-state index is 11.9. The fraction of sp³-hybridized carbons (Fsp3) is 0.615. The van der Waals surface area contributed by atoms with Gasteiger partial charge in [0.15, 0.2) is 10.7 Å². The van der Waals surface area contributed by atoms with Crippen LogP contribution in [0.5, 0.6) is 0 Å². The maximum absolute atomic E-state index is 11.9. The van der Waals surface area contributed by atoms with E-state index in [0.29, 0.717) is 12.5 Å². The van der Waals surface area contributed by atoms with Gasteiger partial charge in [-0.25, -0.2) is 9.78 Å². The Hall–Kier alpha value is -1.47. The average Bonchev–Trinajstić information content (AvgIpc) is 3.06. The van der Waals surface area contributed by atoms with Crippen LogP contribution >= 0.6 is 11.3 Å². The Morgan fingerprint density at radius 2 is 2.20 bits per heavy atom. The van der Waals surface area contributed by atoms with Crippen LogP contribution in [-0.2, 0) is 0 Å². The molecule has 0 aromatic carbocycles. The third-order valence-corrected chi connectivity index (χ3v) is 4.14. The molecule has 0 spiro atoms. The summed E-state index contributed by atoms with van der Waals surface area (Å²) in [7, 11) is 0. The molecule has 110 valence electrons. The first-order chi connectivity index (χ1) is 9.56. The number of thiazole rings is 1. The Bertz CT molecular complexity index is 483. The molecule has 2 N–H and O–H groups in total. The third kappa shape index (κ3) is 4.01. The van der Waals surface area contributed by atoms with Gasteiger partial charge in [0.25, 0.3) is 5.91 Å². The highest BCUT2D eigenvalue weighted by molar-refractivity contribution is 7.11. The van der Waals surface area contributed by atoms with Crippen molar-refractivity contribution >= 4 is 23.2 Å². The SMILES string of the molecule is CC(CNC(=O)c1nc(C(=O)O)cs1)CN1CCCC1. The van der Waals surface area contributed by atoms with Gasteiger partial charge in [-0.2, -0.15) is 0 Å². The second-order valence-electron chi connectivity index (χ2n) is 5.17. The minimum Gasteiger partial charge on any atom is -0.476 e. The van der Waals surface area contributed by atoms with Crippen LogP contribution in [0.15, 0.2) is 5.38 Å². The van der Waals surface area contributed by atoms with Crippen LogP contribution in [0.25, 0.3) is 0 Å². The Morgan fingerprint density at radius 1 is 1.50 bits per heavy atom. The minimum absolute atomic E-state index is 0.0785. The fourth-order valence-electron chi connectivity index (χ4n) is 2.29. The number of carbonyl (C=O) groups is 2. The first kappa shape index (κ1) is 14.9. The number of carboxylic acid groups (broad SMARTS) is 1. The quantitative estimate of drug-likeness (QED) is 0.827. The number of rotatable bonds is 6. The van der Waals surface area contributed by atoms with E-state index in [0.717, 1.165) is 31.0 Å². The number of hydrogen-bond acceptors (Lipinski definition) is 5. The number of likely N-dealkylation sites (tertiary alicyclic amines) is 1. The van der Waals surface area contributed by atoms with E-state index in [4.69, 9.17) is 5.11 Å². The van der Waals surface area contributed by atoms with Gasteiger partial charge < -0.3 is 15.3 Å². The molecule has 2 rings (SSSR count). The first-order valence-corrected chi connectivity index (χ1v) is 7.63. The van der Waals surface area contributed by atoms with Crippen LogP contribution in [0.3, 0.4) is 0 Å². The van der Waals surface area contributed by atoms with E-state index < -0.39 is 5.97 Å². The molecule has 1 aliphatic rings. The van der Waals surface area contributed by atoms with Gasteiger partial charge in [-0.3, -0.25) is 4.79 Å². The van der Waals surface area contributed by atoms with Crippen LogP contribution in [-0.4, -0.2) is 53.0 Å². The number of amides is 1. The lowest BCUT2D eigenvalue weighted by Crippen LogP contribution is -2.34. The second kappa shape index (κ2) is 6.81. The van der Waals surface area contributed by atoms with Gasteiger partial charge in [0.05, 0.1) is 0 Å². The number of aromatic carboxylic acids is 1. The number of aromatic nitrogens is 1. The predicted octanol–water partition coefficient (Wildman–Crippen LogP) is 1.30. The van der Waals surface area contributed by atoms with Crippen molar-refractivity contribution in [2.75, 3.05) is 26.2 Å². The number of hydrogen-bond donors (Lipinski definition) is 2. The Kier molecular flexibility index (Phi) is 5.08. The Labute approximate surface area is 121 Å². The molecule has 0 bridgehead atoms. The van der Waals surface area contributed by atoms with Gasteiger partial charge in [0.2, 0.25) is 0 Å². The van der Waals surface area contributed by atoms with Crippen molar-refractivity contribution in [3.63, 3.8) is 0 Å². The summed E-state index contributed by atoms with van der Waals surface area (Å²) in [6, 6.07) is 0. The van der Waals surface area contributed by atoms with Crippen LogP contribution in [0.4, 0.5) is 0 Å². The van der Waals surface area contributed by atoms with E-state index in [-0.39, 0.29) is 16.6 Å². The summed E-state index contributed by atoms with van der Waals surface area (Å²) in [5.41, 5.74) is -0.0785. The van der Waals surface area contributed by atoms with Crippen molar-refractivity contribution in [2.24, 2.45) is 5.92 Å². The van der Waals surface area contributed by atoms with Crippen molar-refractivity contribution in [1.29, 1.82) is 0 Å². The normalized spacial score (nSPS) is 17.1. The summed E-state index contributed by atoms with van der Waals surface area (Å²) in [4.78, 5) is 28.7. The van der Waals surface area contributed by atoms with E-state index in [2.05, 4.69) is 22.1 Å². The molecular formula is C13H19N3O3S. The molecule has 1 aromatic rings. The zero-order valence-corrected chi connectivity index (χ0v) is 12.3. The summed E-state index contributed by atoms with van der Waals surface area (Å²) in [6.07, 6.45) is 2.52. The number of carbonyl (C=O) groups excluding carboxylic acids is 1. The van der Waals surface area contributed by atoms with Crippen LogP contribution in [0.1, 0.15) is 40.1 Å². The zero-order valence-electron chi connectivity index (χ0n) is 11.5. The molecule has 1 aliphatic heterocycles. The summed E-state index contributed by atoms with van der Waals surface area (Å²) in [6.45, 7) is 5.96. The molecule has 0 aliphatic carbocycles. The molecule has 20 heavy (non-hydrogen) atoms. The second-order valence-corrected chi connectivity index (χ2v) is 6.02. The summed E-state index contributed by atoms with van der Waals surface area (Å²) < 4.78 is 0. The molecule has 6 nitrogen and oxygen atoms in total. The maximum Gasteiger partial charge on any atom is 0.355 e. The largest absolute Gasteiger partial charge is 0.476 e. The van der Waals surface area contributed by atoms with Crippen LogP contribution < -0.4 is 5.32 Å². The molecule has 1 atom stereocenters. The third-order valence-electron chi connectivity index (χ3n) is 3.30. The smallest absolute Gasteiger partial charge is 0.355 e. The van der Waals surface area contributed by atoms with Crippen LogP contribution in [0.2, 0.25) is 0 Å². The molecule has 1 fully saturated rings. The predicted molar refractivity (Wildman–Crippen MR) is 76.2 cm³/mol. The van der Waals surface area contributed by atoms with Gasteiger partial charge >= 0.3 is 5.97 Å². The van der Waals surface area contributed by atoms with Crippen molar-refractivity contribution in [2.45, 2.75) is 19.8 Å². The summed E-state index contributed by atoms with van der Waals surface area (Å²) in [5, 5.41) is 13.2. The van der Waals surface area contributed by atoms with Gasteiger partial charge in [0, 0.05) is 18.5 Å². The fourth-order valence-corrected chi connectivity index (χ4v) is 3.00. The van der Waals surface area contributed by atoms with Gasteiger partial charge in [0.1, 0.15) is 0 Å². The van der Waals surface area contributed by atoms with Crippen molar-refractivity contribution in [3.05, 3.63) is 16.1 Å². The zero-order chi connectivity index (χ0) is 14.5. The monoisotopic (exact) mass is 297 g/mol. The van der Waals surface area contributed by atoms with E-state index >= 15 is 0 Å². The molecular weight excluding hydrogens is 278 g/mol. The molecule has 0 saturated carbocycles. The topological polar surface area (TPSA) is 82.5 Å². The van der Waals surface area contributed by atoms with Crippen molar-refractivity contribution < 1.29 is 14.7 Å². The standard InChI is InChI=1S/C13H19N3O3S/c1-9(7-16-4-2-3-5-16)6-14-11(17)12-15-10(8-20-12)13(18)19/h8-9H,2-7H2,1H3,(H,14,17)(H,18,19).